The van der Waals surface area contributed by atoms with Crippen LogP contribution in [0.1, 0.15) is 19.3 Å². The van der Waals surface area contributed by atoms with Gasteiger partial charge in [0.2, 0.25) is 0 Å². The molecule has 19 heavy (non-hydrogen) atoms. The molecule has 3 rings (SSSR count). The van der Waals surface area contributed by atoms with Crippen LogP contribution < -0.4 is 11.1 Å². The van der Waals surface area contributed by atoms with E-state index in [1.807, 2.05) is 0 Å². The van der Waals surface area contributed by atoms with Crippen molar-refractivity contribution in [2.45, 2.75) is 25.3 Å². The molecular weight excluding hydrogens is 300 g/mol. The zero-order valence-corrected chi connectivity index (χ0v) is 12.5. The third kappa shape index (κ3) is 2.77. The average molecular weight is 319 g/mol. The minimum Gasteiger partial charge on any atom is -0.382 e. The predicted octanol–water partition coefficient (Wildman–Crippen LogP) is 4.14. The Balaban J connectivity index is 1.83. The summed E-state index contributed by atoms with van der Waals surface area (Å²) in [5.41, 5.74) is 7.05. The average Bonchev–Trinajstić information content (AvgIpc) is 2.86. The second-order valence-electron chi connectivity index (χ2n) is 5.38. The van der Waals surface area contributed by atoms with Gasteiger partial charge in [0.1, 0.15) is 0 Å². The molecule has 0 aliphatic heterocycles. The topological polar surface area (TPSA) is 38.0 Å². The van der Waals surface area contributed by atoms with E-state index in [2.05, 4.69) is 57.6 Å². The second-order valence-corrected chi connectivity index (χ2v) is 6.30. The van der Waals surface area contributed by atoms with Gasteiger partial charge >= 0.3 is 0 Å². The maximum atomic E-state index is 5.84. The molecule has 2 atom stereocenters. The molecule has 1 aliphatic carbocycles. The molecule has 3 N–H and O–H groups in total. The zero-order chi connectivity index (χ0) is 13.2. The molecule has 0 bridgehead atoms. The van der Waals surface area contributed by atoms with Crippen molar-refractivity contribution < 1.29 is 0 Å². The van der Waals surface area contributed by atoms with Crippen LogP contribution in [-0.2, 0) is 0 Å². The number of fused-ring (bicyclic) bond motifs is 1. The highest BCUT2D eigenvalue weighted by Crippen LogP contribution is 2.29. The molecule has 0 amide bonds. The molecule has 2 aromatic carbocycles. The standard InChI is InChI=1S/C16H19BrN2/c17-14-6-4-12-9-15(7-5-11(12)8-14)19-16-3-1-2-13(16)10-18/h4-9,13,16,19H,1-3,10,18H2. The first-order valence-electron chi connectivity index (χ1n) is 6.92. The SMILES string of the molecule is NCC1CCCC1Nc1ccc2cc(Br)ccc2c1. The lowest BCUT2D eigenvalue weighted by atomic mass is 10.0. The van der Waals surface area contributed by atoms with E-state index in [1.54, 1.807) is 0 Å². The van der Waals surface area contributed by atoms with Crippen LogP contribution in [0.15, 0.2) is 40.9 Å². The number of hydrogen-bond acceptors (Lipinski definition) is 2. The highest BCUT2D eigenvalue weighted by Gasteiger charge is 2.25. The Labute approximate surface area is 122 Å². The smallest absolute Gasteiger partial charge is 0.0348 e. The molecule has 2 aromatic rings. The van der Waals surface area contributed by atoms with Crippen LogP contribution in [0.3, 0.4) is 0 Å². The molecule has 3 heteroatoms. The third-order valence-electron chi connectivity index (χ3n) is 4.12. The predicted molar refractivity (Wildman–Crippen MR) is 85.5 cm³/mol. The Morgan fingerprint density at radius 2 is 1.89 bits per heavy atom. The van der Waals surface area contributed by atoms with Gasteiger partial charge in [0.25, 0.3) is 0 Å². The van der Waals surface area contributed by atoms with E-state index in [-0.39, 0.29) is 0 Å². The molecule has 2 unspecified atom stereocenters. The fraction of sp³-hybridized carbons (Fsp3) is 0.375. The molecule has 2 nitrogen and oxygen atoms in total. The number of anilines is 1. The molecule has 0 heterocycles. The number of hydrogen-bond donors (Lipinski definition) is 2. The van der Waals surface area contributed by atoms with Gasteiger partial charge in [0, 0.05) is 16.2 Å². The molecule has 0 spiro atoms. The van der Waals surface area contributed by atoms with Gasteiger partial charge in [-0.2, -0.15) is 0 Å². The van der Waals surface area contributed by atoms with Crippen LogP contribution >= 0.6 is 15.9 Å². The van der Waals surface area contributed by atoms with Crippen LogP contribution in [0.4, 0.5) is 5.69 Å². The Bertz CT molecular complexity index is 582. The van der Waals surface area contributed by atoms with E-state index < -0.39 is 0 Å². The van der Waals surface area contributed by atoms with E-state index in [0.717, 1.165) is 11.0 Å². The van der Waals surface area contributed by atoms with E-state index in [9.17, 15) is 0 Å². The third-order valence-corrected chi connectivity index (χ3v) is 4.61. The van der Waals surface area contributed by atoms with Crippen LogP contribution in [0.5, 0.6) is 0 Å². The first-order chi connectivity index (χ1) is 9.26. The van der Waals surface area contributed by atoms with Gasteiger partial charge in [-0.25, -0.2) is 0 Å². The lowest BCUT2D eigenvalue weighted by Crippen LogP contribution is -2.29. The summed E-state index contributed by atoms with van der Waals surface area (Å²) in [5.74, 6) is 0.626. The molecule has 0 radical (unpaired) electrons. The summed E-state index contributed by atoms with van der Waals surface area (Å²) in [6, 6.07) is 13.5. The van der Waals surface area contributed by atoms with Crippen molar-refractivity contribution in [2.75, 3.05) is 11.9 Å². The van der Waals surface area contributed by atoms with Crippen molar-refractivity contribution >= 4 is 32.4 Å². The van der Waals surface area contributed by atoms with Gasteiger partial charge in [-0.05, 0) is 60.3 Å². The van der Waals surface area contributed by atoms with Crippen LogP contribution in [0, 0.1) is 5.92 Å². The summed E-state index contributed by atoms with van der Waals surface area (Å²) in [4.78, 5) is 0. The minimum atomic E-state index is 0.540. The van der Waals surface area contributed by atoms with Crippen LogP contribution in [0.25, 0.3) is 10.8 Å². The summed E-state index contributed by atoms with van der Waals surface area (Å²) in [7, 11) is 0. The first-order valence-corrected chi connectivity index (χ1v) is 7.71. The molecule has 1 fully saturated rings. The van der Waals surface area contributed by atoms with E-state index in [1.165, 1.54) is 35.7 Å². The zero-order valence-electron chi connectivity index (χ0n) is 10.9. The quantitative estimate of drug-likeness (QED) is 0.892. The fourth-order valence-corrected chi connectivity index (χ4v) is 3.41. The highest BCUT2D eigenvalue weighted by atomic mass is 79.9. The van der Waals surface area contributed by atoms with Crippen LogP contribution in [-0.4, -0.2) is 12.6 Å². The number of rotatable bonds is 3. The summed E-state index contributed by atoms with van der Waals surface area (Å²) < 4.78 is 1.12. The lowest BCUT2D eigenvalue weighted by Gasteiger charge is -2.21. The van der Waals surface area contributed by atoms with E-state index in [0.29, 0.717) is 12.0 Å². The van der Waals surface area contributed by atoms with Gasteiger partial charge in [0.05, 0.1) is 0 Å². The number of halogens is 1. The van der Waals surface area contributed by atoms with Crippen LogP contribution in [0.2, 0.25) is 0 Å². The van der Waals surface area contributed by atoms with Gasteiger partial charge in [-0.15, -0.1) is 0 Å². The largest absolute Gasteiger partial charge is 0.382 e. The molecule has 1 aliphatic rings. The number of nitrogens with one attached hydrogen (secondary N) is 1. The number of benzene rings is 2. The Kier molecular flexibility index (Phi) is 3.76. The van der Waals surface area contributed by atoms with E-state index >= 15 is 0 Å². The second kappa shape index (κ2) is 5.51. The summed E-state index contributed by atoms with van der Waals surface area (Å²) in [6.07, 6.45) is 3.79. The Morgan fingerprint density at radius 1 is 1.11 bits per heavy atom. The van der Waals surface area contributed by atoms with Crippen molar-refractivity contribution in [3.8, 4) is 0 Å². The fourth-order valence-electron chi connectivity index (χ4n) is 3.03. The van der Waals surface area contributed by atoms with Gasteiger partial charge in [-0.1, -0.05) is 34.5 Å². The number of nitrogens with two attached hydrogens (primary N) is 1. The van der Waals surface area contributed by atoms with Crippen molar-refractivity contribution in [3.05, 3.63) is 40.9 Å². The highest BCUT2D eigenvalue weighted by molar-refractivity contribution is 9.10. The minimum absolute atomic E-state index is 0.540. The Morgan fingerprint density at radius 3 is 2.74 bits per heavy atom. The monoisotopic (exact) mass is 318 g/mol. The normalized spacial score (nSPS) is 22.8. The summed E-state index contributed by atoms with van der Waals surface area (Å²) in [5, 5.41) is 6.20. The maximum Gasteiger partial charge on any atom is 0.0348 e. The molecule has 0 saturated heterocycles. The van der Waals surface area contributed by atoms with Gasteiger partial charge in [0.15, 0.2) is 0 Å². The summed E-state index contributed by atoms with van der Waals surface area (Å²) in [6.45, 7) is 0.790. The van der Waals surface area contributed by atoms with Gasteiger partial charge in [-0.3, -0.25) is 0 Å². The molecule has 1 saturated carbocycles. The first kappa shape index (κ1) is 12.9. The van der Waals surface area contributed by atoms with Crippen molar-refractivity contribution in [1.82, 2.24) is 0 Å². The molecule has 100 valence electrons. The Hall–Kier alpha value is -1.06. The summed E-state index contributed by atoms with van der Waals surface area (Å²) >= 11 is 3.51. The molecular formula is C16H19BrN2. The van der Waals surface area contributed by atoms with Crippen molar-refractivity contribution in [1.29, 1.82) is 0 Å². The van der Waals surface area contributed by atoms with Crippen molar-refractivity contribution in [3.63, 3.8) is 0 Å². The van der Waals surface area contributed by atoms with Crippen molar-refractivity contribution in [2.24, 2.45) is 11.7 Å². The molecule has 0 aromatic heterocycles. The maximum absolute atomic E-state index is 5.84. The van der Waals surface area contributed by atoms with E-state index in [4.69, 9.17) is 5.73 Å². The lowest BCUT2D eigenvalue weighted by molar-refractivity contribution is 0.517. The van der Waals surface area contributed by atoms with Gasteiger partial charge < -0.3 is 11.1 Å².